The fourth-order valence-corrected chi connectivity index (χ4v) is 2.87. The predicted molar refractivity (Wildman–Crippen MR) is 103 cm³/mol. The molecule has 0 unspecified atom stereocenters. The number of nitrogens with zero attached hydrogens (tertiary/aromatic N) is 2. The van der Waals surface area contributed by atoms with E-state index < -0.39 is 5.97 Å². The number of esters is 1. The highest BCUT2D eigenvalue weighted by Crippen LogP contribution is 2.35. The molecule has 2 aromatic carbocycles. The first kappa shape index (κ1) is 18.8. The van der Waals surface area contributed by atoms with Crippen molar-refractivity contribution in [2.24, 2.45) is 0 Å². The molecule has 0 bridgehead atoms. The molecule has 140 valence electrons. The number of hydrogen-bond acceptors (Lipinski definition) is 5. The van der Waals surface area contributed by atoms with Crippen LogP contribution in [0.25, 0.3) is 16.9 Å². The number of hydrogen-bond donors (Lipinski definition) is 0. The van der Waals surface area contributed by atoms with E-state index in [0.29, 0.717) is 27.8 Å². The third kappa shape index (κ3) is 3.75. The standard InChI is InChI=1S/C20H19ClN2O4/c1-4-27-20(24)16-12-22-23(15-8-6-14(21)7-9-15)19(16)13-5-10-17(25-2)18(11-13)26-3/h5-12H,4H2,1-3H3. The van der Waals surface area contributed by atoms with Gasteiger partial charge in [0.2, 0.25) is 0 Å². The maximum absolute atomic E-state index is 12.5. The molecular formula is C20H19ClN2O4. The largest absolute Gasteiger partial charge is 0.493 e. The third-order valence-electron chi connectivity index (χ3n) is 3.99. The molecular weight excluding hydrogens is 368 g/mol. The van der Waals surface area contributed by atoms with Gasteiger partial charge in [-0.2, -0.15) is 5.10 Å². The number of carbonyl (C=O) groups is 1. The van der Waals surface area contributed by atoms with Crippen molar-refractivity contribution >= 4 is 17.6 Å². The van der Waals surface area contributed by atoms with Gasteiger partial charge in [0.25, 0.3) is 0 Å². The second-order valence-electron chi connectivity index (χ2n) is 5.59. The molecule has 7 heteroatoms. The van der Waals surface area contributed by atoms with E-state index in [4.69, 9.17) is 25.8 Å². The molecule has 0 aliphatic rings. The minimum absolute atomic E-state index is 0.274. The van der Waals surface area contributed by atoms with E-state index in [1.165, 1.54) is 6.20 Å². The van der Waals surface area contributed by atoms with Crippen LogP contribution >= 0.6 is 11.6 Å². The van der Waals surface area contributed by atoms with E-state index in [1.54, 1.807) is 50.1 Å². The van der Waals surface area contributed by atoms with Gasteiger partial charge in [-0.05, 0) is 49.4 Å². The summed E-state index contributed by atoms with van der Waals surface area (Å²) in [6.45, 7) is 2.04. The zero-order chi connectivity index (χ0) is 19.4. The van der Waals surface area contributed by atoms with Crippen LogP contribution in [0.3, 0.4) is 0 Å². The SMILES string of the molecule is CCOC(=O)c1cnn(-c2ccc(Cl)cc2)c1-c1ccc(OC)c(OC)c1. The van der Waals surface area contributed by atoms with E-state index in [2.05, 4.69) is 5.10 Å². The fraction of sp³-hybridized carbons (Fsp3) is 0.200. The number of ether oxygens (including phenoxy) is 3. The van der Waals surface area contributed by atoms with Gasteiger partial charge in [-0.25, -0.2) is 9.48 Å². The summed E-state index contributed by atoms with van der Waals surface area (Å²) in [4.78, 5) is 12.5. The molecule has 0 saturated heterocycles. The molecule has 1 aromatic heterocycles. The second-order valence-corrected chi connectivity index (χ2v) is 6.02. The van der Waals surface area contributed by atoms with Gasteiger partial charge in [0.15, 0.2) is 11.5 Å². The molecule has 6 nitrogen and oxygen atoms in total. The van der Waals surface area contributed by atoms with Crippen LogP contribution in [0.4, 0.5) is 0 Å². The minimum Gasteiger partial charge on any atom is -0.493 e. The van der Waals surface area contributed by atoms with Crippen molar-refractivity contribution in [2.75, 3.05) is 20.8 Å². The molecule has 0 spiro atoms. The summed E-state index contributed by atoms with van der Waals surface area (Å²) in [6, 6.07) is 12.6. The van der Waals surface area contributed by atoms with E-state index in [0.717, 1.165) is 11.3 Å². The Morgan fingerprint density at radius 1 is 1.07 bits per heavy atom. The molecule has 0 fully saturated rings. The van der Waals surface area contributed by atoms with Crippen molar-refractivity contribution in [3.8, 4) is 28.4 Å². The molecule has 0 radical (unpaired) electrons. The van der Waals surface area contributed by atoms with Gasteiger partial charge < -0.3 is 14.2 Å². The van der Waals surface area contributed by atoms with Gasteiger partial charge in [0.1, 0.15) is 5.56 Å². The Hall–Kier alpha value is -2.99. The Kier molecular flexibility index (Phi) is 5.66. The molecule has 0 aliphatic carbocycles. The molecule has 27 heavy (non-hydrogen) atoms. The molecule has 0 N–H and O–H groups in total. The third-order valence-corrected chi connectivity index (χ3v) is 4.24. The lowest BCUT2D eigenvalue weighted by atomic mass is 10.1. The van der Waals surface area contributed by atoms with Crippen LogP contribution in [0, 0.1) is 0 Å². The summed E-state index contributed by atoms with van der Waals surface area (Å²) in [5, 5.41) is 5.01. The lowest BCUT2D eigenvalue weighted by Gasteiger charge is -2.13. The fourth-order valence-electron chi connectivity index (χ4n) is 2.75. The first-order valence-corrected chi connectivity index (χ1v) is 8.70. The van der Waals surface area contributed by atoms with E-state index in [1.807, 2.05) is 18.2 Å². The predicted octanol–water partition coefficient (Wildman–Crippen LogP) is 4.39. The first-order valence-electron chi connectivity index (χ1n) is 8.32. The highest BCUT2D eigenvalue weighted by molar-refractivity contribution is 6.30. The minimum atomic E-state index is -0.442. The Morgan fingerprint density at radius 2 is 1.78 bits per heavy atom. The number of carbonyl (C=O) groups excluding carboxylic acids is 1. The first-order chi connectivity index (χ1) is 13.1. The van der Waals surface area contributed by atoms with Gasteiger partial charge in [-0.3, -0.25) is 0 Å². The molecule has 0 aliphatic heterocycles. The highest BCUT2D eigenvalue weighted by atomic mass is 35.5. The Balaban J connectivity index is 2.20. The summed E-state index contributed by atoms with van der Waals surface area (Å²) in [6.07, 6.45) is 1.50. The summed E-state index contributed by atoms with van der Waals surface area (Å²) < 4.78 is 17.6. The Bertz CT molecular complexity index is 951. The van der Waals surface area contributed by atoms with Gasteiger partial charge in [-0.15, -0.1) is 0 Å². The van der Waals surface area contributed by atoms with Crippen molar-refractivity contribution in [3.63, 3.8) is 0 Å². The normalized spacial score (nSPS) is 10.5. The van der Waals surface area contributed by atoms with Gasteiger partial charge in [-0.1, -0.05) is 11.6 Å². The van der Waals surface area contributed by atoms with E-state index in [-0.39, 0.29) is 6.61 Å². The quantitative estimate of drug-likeness (QED) is 0.588. The number of rotatable bonds is 6. The van der Waals surface area contributed by atoms with Crippen molar-refractivity contribution in [1.29, 1.82) is 0 Å². The van der Waals surface area contributed by atoms with Crippen LogP contribution in [-0.2, 0) is 4.74 Å². The lowest BCUT2D eigenvalue weighted by molar-refractivity contribution is 0.0527. The van der Waals surface area contributed by atoms with Crippen LogP contribution in [0.5, 0.6) is 11.5 Å². The average Bonchev–Trinajstić information content (AvgIpc) is 3.13. The topological polar surface area (TPSA) is 62.6 Å². The van der Waals surface area contributed by atoms with Gasteiger partial charge in [0, 0.05) is 10.6 Å². The number of aromatic nitrogens is 2. The Morgan fingerprint density at radius 3 is 2.41 bits per heavy atom. The number of methoxy groups -OCH3 is 2. The van der Waals surface area contributed by atoms with Crippen LogP contribution in [0.2, 0.25) is 5.02 Å². The van der Waals surface area contributed by atoms with Crippen LogP contribution in [0.15, 0.2) is 48.7 Å². The molecule has 1 heterocycles. The maximum atomic E-state index is 12.5. The van der Waals surface area contributed by atoms with Crippen LogP contribution < -0.4 is 9.47 Å². The Labute approximate surface area is 162 Å². The highest BCUT2D eigenvalue weighted by Gasteiger charge is 2.22. The average molecular weight is 387 g/mol. The monoisotopic (exact) mass is 386 g/mol. The van der Waals surface area contributed by atoms with E-state index in [9.17, 15) is 4.79 Å². The lowest BCUT2D eigenvalue weighted by Crippen LogP contribution is -2.07. The molecule has 3 rings (SSSR count). The molecule has 0 amide bonds. The van der Waals surface area contributed by atoms with Crippen LogP contribution in [0.1, 0.15) is 17.3 Å². The molecule has 0 saturated carbocycles. The van der Waals surface area contributed by atoms with Crippen molar-refractivity contribution in [2.45, 2.75) is 6.92 Å². The number of benzene rings is 2. The van der Waals surface area contributed by atoms with Crippen molar-refractivity contribution < 1.29 is 19.0 Å². The summed E-state index contributed by atoms with van der Waals surface area (Å²) in [5.41, 5.74) is 2.46. The smallest absolute Gasteiger partial charge is 0.342 e. The van der Waals surface area contributed by atoms with Gasteiger partial charge in [0.05, 0.1) is 38.4 Å². The van der Waals surface area contributed by atoms with Crippen LogP contribution in [-0.4, -0.2) is 36.6 Å². The number of halogens is 1. The summed E-state index contributed by atoms with van der Waals surface area (Å²) in [7, 11) is 3.13. The second kappa shape index (κ2) is 8.14. The van der Waals surface area contributed by atoms with Crippen molar-refractivity contribution in [1.82, 2.24) is 9.78 Å². The maximum Gasteiger partial charge on any atom is 0.342 e. The molecule has 3 aromatic rings. The summed E-state index contributed by atoms with van der Waals surface area (Å²) in [5.74, 6) is 0.702. The van der Waals surface area contributed by atoms with Gasteiger partial charge >= 0.3 is 5.97 Å². The van der Waals surface area contributed by atoms with E-state index >= 15 is 0 Å². The summed E-state index contributed by atoms with van der Waals surface area (Å²) >= 11 is 5.99. The van der Waals surface area contributed by atoms with Crippen molar-refractivity contribution in [3.05, 3.63) is 59.2 Å². The molecule has 0 atom stereocenters. The zero-order valence-electron chi connectivity index (χ0n) is 15.2. The zero-order valence-corrected chi connectivity index (χ0v) is 16.0.